The SMILES string of the molecule is CC1CC(C)CN(C(=O)CSc2nnc(-c3ccc(C(C)(C)C)cc3)n2C)C1. The Kier molecular flexibility index (Phi) is 6.18. The smallest absolute Gasteiger partial charge is 0.233 e. The fourth-order valence-electron chi connectivity index (χ4n) is 3.90. The summed E-state index contributed by atoms with van der Waals surface area (Å²) in [5.41, 5.74) is 2.46. The summed E-state index contributed by atoms with van der Waals surface area (Å²) in [6, 6.07) is 8.50. The lowest BCUT2D eigenvalue weighted by Gasteiger charge is -2.34. The molecule has 1 aromatic heterocycles. The van der Waals surface area contributed by atoms with E-state index in [1.54, 1.807) is 0 Å². The van der Waals surface area contributed by atoms with Crippen LogP contribution in [0.15, 0.2) is 29.4 Å². The van der Waals surface area contributed by atoms with Crippen molar-refractivity contribution < 1.29 is 4.79 Å². The van der Waals surface area contributed by atoms with Crippen LogP contribution in [0.4, 0.5) is 0 Å². The minimum Gasteiger partial charge on any atom is -0.341 e. The van der Waals surface area contributed by atoms with Crippen LogP contribution in [0.25, 0.3) is 11.4 Å². The van der Waals surface area contributed by atoms with Gasteiger partial charge in [-0.2, -0.15) is 0 Å². The Morgan fingerprint density at radius 1 is 1.11 bits per heavy atom. The summed E-state index contributed by atoms with van der Waals surface area (Å²) in [6.07, 6.45) is 1.21. The molecule has 0 N–H and O–H groups in total. The number of aromatic nitrogens is 3. The van der Waals surface area contributed by atoms with Gasteiger partial charge in [-0.1, -0.05) is 70.6 Å². The molecule has 6 heteroatoms. The molecule has 5 nitrogen and oxygen atoms in total. The molecule has 1 aliphatic heterocycles. The standard InChI is InChI=1S/C22H32N4OS/c1-15-11-16(2)13-26(12-15)19(27)14-28-21-24-23-20(25(21)6)17-7-9-18(10-8-17)22(3,4)5/h7-10,15-16H,11-14H2,1-6H3. The van der Waals surface area contributed by atoms with Crippen LogP contribution in [-0.2, 0) is 17.3 Å². The van der Waals surface area contributed by atoms with E-state index in [9.17, 15) is 4.79 Å². The van der Waals surface area contributed by atoms with Gasteiger partial charge < -0.3 is 9.47 Å². The Morgan fingerprint density at radius 3 is 2.29 bits per heavy atom. The van der Waals surface area contributed by atoms with Crippen molar-refractivity contribution in [1.29, 1.82) is 0 Å². The molecular weight excluding hydrogens is 368 g/mol. The van der Waals surface area contributed by atoms with E-state index in [0.29, 0.717) is 17.6 Å². The molecular formula is C22H32N4OS. The normalized spacial score (nSPS) is 20.4. The summed E-state index contributed by atoms with van der Waals surface area (Å²) in [5.74, 6) is 2.59. The van der Waals surface area contributed by atoms with Gasteiger partial charge in [-0.3, -0.25) is 4.79 Å². The van der Waals surface area contributed by atoms with E-state index in [-0.39, 0.29) is 11.3 Å². The quantitative estimate of drug-likeness (QED) is 0.715. The predicted octanol–water partition coefficient (Wildman–Crippen LogP) is 4.38. The lowest BCUT2D eigenvalue weighted by atomic mass is 9.87. The Balaban J connectivity index is 1.65. The molecule has 0 saturated carbocycles. The van der Waals surface area contributed by atoms with E-state index in [0.717, 1.165) is 29.6 Å². The second-order valence-corrected chi connectivity index (χ2v) is 10.2. The Hall–Kier alpha value is -1.82. The Labute approximate surface area is 172 Å². The van der Waals surface area contributed by atoms with E-state index < -0.39 is 0 Å². The first-order valence-electron chi connectivity index (χ1n) is 10.1. The van der Waals surface area contributed by atoms with Crippen LogP contribution in [0, 0.1) is 11.8 Å². The molecule has 0 bridgehead atoms. The van der Waals surface area contributed by atoms with Crippen LogP contribution in [-0.4, -0.2) is 44.4 Å². The fourth-order valence-corrected chi connectivity index (χ4v) is 4.71. The average Bonchev–Trinajstić information content (AvgIpc) is 2.99. The van der Waals surface area contributed by atoms with E-state index >= 15 is 0 Å². The van der Waals surface area contributed by atoms with Crippen LogP contribution in [0.1, 0.15) is 46.6 Å². The highest BCUT2D eigenvalue weighted by atomic mass is 32.2. The molecule has 2 heterocycles. The number of benzene rings is 1. The van der Waals surface area contributed by atoms with Crippen molar-refractivity contribution in [2.45, 2.75) is 51.6 Å². The molecule has 3 rings (SSSR count). The van der Waals surface area contributed by atoms with Crippen molar-refractivity contribution in [1.82, 2.24) is 19.7 Å². The summed E-state index contributed by atoms with van der Waals surface area (Å²) >= 11 is 1.47. The number of carbonyl (C=O) groups excluding carboxylic acids is 1. The topological polar surface area (TPSA) is 51.0 Å². The van der Waals surface area contributed by atoms with E-state index in [4.69, 9.17) is 0 Å². The number of rotatable bonds is 4. The van der Waals surface area contributed by atoms with Crippen molar-refractivity contribution in [2.75, 3.05) is 18.8 Å². The van der Waals surface area contributed by atoms with E-state index in [1.807, 2.05) is 16.5 Å². The zero-order valence-electron chi connectivity index (χ0n) is 17.9. The lowest BCUT2D eigenvalue weighted by molar-refractivity contribution is -0.130. The minimum atomic E-state index is 0.128. The van der Waals surface area contributed by atoms with Gasteiger partial charge in [-0.05, 0) is 29.2 Å². The van der Waals surface area contributed by atoms with Crippen molar-refractivity contribution in [3.8, 4) is 11.4 Å². The third-order valence-electron chi connectivity index (χ3n) is 5.39. The largest absolute Gasteiger partial charge is 0.341 e. The lowest BCUT2D eigenvalue weighted by Crippen LogP contribution is -2.43. The molecule has 2 atom stereocenters. The number of likely N-dealkylation sites (tertiary alicyclic amines) is 1. The van der Waals surface area contributed by atoms with Crippen LogP contribution < -0.4 is 0 Å². The number of carbonyl (C=O) groups is 1. The number of amides is 1. The number of thioether (sulfide) groups is 1. The second kappa shape index (κ2) is 8.27. The molecule has 2 unspecified atom stereocenters. The Morgan fingerprint density at radius 2 is 1.71 bits per heavy atom. The van der Waals surface area contributed by atoms with Crippen LogP contribution in [0.2, 0.25) is 0 Å². The number of piperidine rings is 1. The van der Waals surface area contributed by atoms with Crippen LogP contribution in [0.3, 0.4) is 0 Å². The van der Waals surface area contributed by atoms with E-state index in [2.05, 4.69) is 69.1 Å². The van der Waals surface area contributed by atoms with Gasteiger partial charge in [-0.15, -0.1) is 10.2 Å². The van der Waals surface area contributed by atoms with Gasteiger partial charge in [0.15, 0.2) is 11.0 Å². The molecule has 1 aliphatic rings. The zero-order valence-corrected chi connectivity index (χ0v) is 18.7. The molecule has 1 amide bonds. The first kappa shape index (κ1) is 20.9. The molecule has 1 saturated heterocycles. The summed E-state index contributed by atoms with van der Waals surface area (Å²) in [5, 5.41) is 9.45. The summed E-state index contributed by atoms with van der Waals surface area (Å²) < 4.78 is 1.98. The Bertz CT molecular complexity index is 812. The maximum Gasteiger partial charge on any atom is 0.233 e. The van der Waals surface area contributed by atoms with Crippen molar-refractivity contribution in [3.63, 3.8) is 0 Å². The monoisotopic (exact) mass is 400 g/mol. The van der Waals surface area contributed by atoms with E-state index in [1.165, 1.54) is 23.7 Å². The maximum absolute atomic E-state index is 12.6. The van der Waals surface area contributed by atoms with Crippen molar-refractivity contribution in [2.24, 2.45) is 18.9 Å². The number of nitrogens with zero attached hydrogens (tertiary/aromatic N) is 4. The first-order valence-corrected chi connectivity index (χ1v) is 11.0. The van der Waals surface area contributed by atoms with Crippen LogP contribution in [0.5, 0.6) is 0 Å². The van der Waals surface area contributed by atoms with Crippen molar-refractivity contribution in [3.05, 3.63) is 29.8 Å². The molecule has 1 aromatic carbocycles. The van der Waals surface area contributed by atoms with Crippen molar-refractivity contribution >= 4 is 17.7 Å². The highest BCUT2D eigenvalue weighted by molar-refractivity contribution is 7.99. The van der Waals surface area contributed by atoms with Crippen LogP contribution >= 0.6 is 11.8 Å². The second-order valence-electron chi connectivity index (χ2n) is 9.23. The minimum absolute atomic E-state index is 0.128. The molecule has 28 heavy (non-hydrogen) atoms. The number of hydrogen-bond donors (Lipinski definition) is 0. The first-order chi connectivity index (χ1) is 13.1. The highest BCUT2D eigenvalue weighted by Gasteiger charge is 2.25. The van der Waals surface area contributed by atoms with Gasteiger partial charge >= 0.3 is 0 Å². The van der Waals surface area contributed by atoms with Gasteiger partial charge in [-0.25, -0.2) is 0 Å². The molecule has 152 valence electrons. The van der Waals surface area contributed by atoms with Gasteiger partial charge in [0, 0.05) is 25.7 Å². The molecule has 0 radical (unpaired) electrons. The third kappa shape index (κ3) is 4.77. The van der Waals surface area contributed by atoms with Gasteiger partial charge in [0.25, 0.3) is 0 Å². The molecule has 0 aliphatic carbocycles. The summed E-state index contributed by atoms with van der Waals surface area (Å²) in [7, 11) is 1.96. The summed E-state index contributed by atoms with van der Waals surface area (Å²) in [4.78, 5) is 14.6. The molecule has 2 aromatic rings. The van der Waals surface area contributed by atoms with Gasteiger partial charge in [0.2, 0.25) is 5.91 Å². The average molecular weight is 401 g/mol. The number of hydrogen-bond acceptors (Lipinski definition) is 4. The highest BCUT2D eigenvalue weighted by Crippen LogP contribution is 2.27. The molecule has 0 spiro atoms. The summed E-state index contributed by atoms with van der Waals surface area (Å²) in [6.45, 7) is 12.8. The van der Waals surface area contributed by atoms with Gasteiger partial charge in [0.05, 0.1) is 5.75 Å². The maximum atomic E-state index is 12.6. The fraction of sp³-hybridized carbons (Fsp3) is 0.591. The zero-order chi connectivity index (χ0) is 20.5. The van der Waals surface area contributed by atoms with Gasteiger partial charge in [0.1, 0.15) is 0 Å². The predicted molar refractivity (Wildman–Crippen MR) is 115 cm³/mol. The third-order valence-corrected chi connectivity index (χ3v) is 6.40. The molecule has 1 fully saturated rings.